The molecule has 0 unspecified atom stereocenters. The molecular formula is C12H11FN2O. The van der Waals surface area contributed by atoms with Crippen LogP contribution in [0.3, 0.4) is 0 Å². The van der Waals surface area contributed by atoms with Crippen molar-refractivity contribution >= 4 is 5.88 Å². The first-order valence-electron chi connectivity index (χ1n) is 5.28. The van der Waals surface area contributed by atoms with Gasteiger partial charge in [-0.3, -0.25) is 0 Å². The highest BCUT2D eigenvalue weighted by Gasteiger charge is 2.20. The normalized spacial score (nSPS) is 13.6. The van der Waals surface area contributed by atoms with Crippen LogP contribution in [0.4, 0.5) is 10.3 Å². The van der Waals surface area contributed by atoms with E-state index in [1.54, 1.807) is 12.1 Å². The van der Waals surface area contributed by atoms with Crippen LogP contribution in [0.15, 0.2) is 28.8 Å². The lowest BCUT2D eigenvalue weighted by molar-refractivity contribution is 0.426. The van der Waals surface area contributed by atoms with Gasteiger partial charge in [0.25, 0.3) is 0 Å². The number of hydrogen-bond acceptors (Lipinski definition) is 3. The molecule has 0 atom stereocenters. The quantitative estimate of drug-likeness (QED) is 0.840. The third kappa shape index (κ3) is 1.56. The molecule has 1 aromatic carbocycles. The van der Waals surface area contributed by atoms with E-state index >= 15 is 0 Å². The van der Waals surface area contributed by atoms with E-state index in [0.717, 1.165) is 35.7 Å². The summed E-state index contributed by atoms with van der Waals surface area (Å²) in [6, 6.07) is 6.49. The number of anilines is 1. The summed E-state index contributed by atoms with van der Waals surface area (Å²) in [4.78, 5) is 0. The summed E-state index contributed by atoms with van der Waals surface area (Å²) >= 11 is 0. The Morgan fingerprint density at radius 1 is 1.31 bits per heavy atom. The zero-order valence-corrected chi connectivity index (χ0v) is 8.66. The first-order chi connectivity index (χ1) is 7.83. The highest BCUT2D eigenvalue weighted by Crippen LogP contribution is 2.26. The first-order valence-corrected chi connectivity index (χ1v) is 5.28. The van der Waals surface area contributed by atoms with Crippen LogP contribution in [0, 0.1) is 5.82 Å². The van der Waals surface area contributed by atoms with E-state index in [-0.39, 0.29) is 5.82 Å². The van der Waals surface area contributed by atoms with Crippen LogP contribution in [-0.2, 0) is 12.8 Å². The Morgan fingerprint density at radius 3 is 2.94 bits per heavy atom. The van der Waals surface area contributed by atoms with Crippen LogP contribution < -0.4 is 5.32 Å². The molecule has 82 valence electrons. The standard InChI is InChI=1S/C12H11FN2O/c13-9-3-1-8(2-4-9)7-11-10-5-6-14-12(10)16-15-11/h1-4,14H,5-7H2. The number of rotatable bonds is 2. The fourth-order valence-corrected chi connectivity index (χ4v) is 1.97. The van der Waals surface area contributed by atoms with E-state index < -0.39 is 0 Å². The molecule has 0 saturated heterocycles. The monoisotopic (exact) mass is 218 g/mol. The molecule has 0 spiro atoms. The van der Waals surface area contributed by atoms with Gasteiger partial charge in [0.05, 0.1) is 5.69 Å². The van der Waals surface area contributed by atoms with Crippen molar-refractivity contribution in [3.05, 3.63) is 46.9 Å². The molecule has 16 heavy (non-hydrogen) atoms. The summed E-state index contributed by atoms with van der Waals surface area (Å²) < 4.78 is 17.9. The Kier molecular flexibility index (Phi) is 2.13. The smallest absolute Gasteiger partial charge is 0.228 e. The van der Waals surface area contributed by atoms with Crippen LogP contribution in [0.5, 0.6) is 0 Å². The number of fused-ring (bicyclic) bond motifs is 1. The molecule has 2 heterocycles. The van der Waals surface area contributed by atoms with Gasteiger partial charge in [0.2, 0.25) is 5.88 Å². The number of nitrogens with zero attached hydrogens (tertiary/aromatic N) is 1. The number of benzene rings is 1. The SMILES string of the molecule is Fc1ccc(Cc2noc3c2CCN3)cc1. The second kappa shape index (κ2) is 3.63. The molecule has 1 aliphatic rings. The van der Waals surface area contributed by atoms with Gasteiger partial charge in [-0.1, -0.05) is 17.3 Å². The summed E-state index contributed by atoms with van der Waals surface area (Å²) in [5, 5.41) is 7.15. The fraction of sp³-hybridized carbons (Fsp3) is 0.250. The second-order valence-corrected chi connectivity index (χ2v) is 3.92. The molecule has 3 rings (SSSR count). The van der Waals surface area contributed by atoms with Gasteiger partial charge in [-0.25, -0.2) is 4.39 Å². The fourth-order valence-electron chi connectivity index (χ4n) is 1.97. The van der Waals surface area contributed by atoms with Gasteiger partial charge in [0.1, 0.15) is 5.82 Å². The molecule has 0 fully saturated rings. The van der Waals surface area contributed by atoms with Gasteiger partial charge >= 0.3 is 0 Å². The average molecular weight is 218 g/mol. The third-order valence-electron chi connectivity index (χ3n) is 2.81. The first kappa shape index (κ1) is 9.39. The molecule has 1 aromatic heterocycles. The van der Waals surface area contributed by atoms with Crippen LogP contribution in [0.1, 0.15) is 16.8 Å². The van der Waals surface area contributed by atoms with Crippen LogP contribution in [0.25, 0.3) is 0 Å². The Hall–Kier alpha value is -1.84. The Labute approximate surface area is 92.3 Å². The predicted molar refractivity (Wildman–Crippen MR) is 57.9 cm³/mol. The largest absolute Gasteiger partial charge is 0.353 e. The topological polar surface area (TPSA) is 38.1 Å². The van der Waals surface area contributed by atoms with Crippen molar-refractivity contribution in [1.29, 1.82) is 0 Å². The van der Waals surface area contributed by atoms with E-state index in [9.17, 15) is 4.39 Å². The van der Waals surface area contributed by atoms with E-state index in [0.29, 0.717) is 6.42 Å². The lowest BCUT2D eigenvalue weighted by Crippen LogP contribution is -1.95. The maximum absolute atomic E-state index is 12.7. The van der Waals surface area contributed by atoms with Crippen molar-refractivity contribution in [2.45, 2.75) is 12.8 Å². The lowest BCUT2D eigenvalue weighted by Gasteiger charge is -1.98. The lowest BCUT2D eigenvalue weighted by atomic mass is 10.1. The molecule has 0 radical (unpaired) electrons. The van der Waals surface area contributed by atoms with Gasteiger partial charge in [0.15, 0.2) is 0 Å². The summed E-state index contributed by atoms with van der Waals surface area (Å²) in [5.74, 6) is 0.577. The van der Waals surface area contributed by atoms with Gasteiger partial charge in [-0.2, -0.15) is 0 Å². The highest BCUT2D eigenvalue weighted by molar-refractivity contribution is 5.49. The minimum atomic E-state index is -0.212. The number of nitrogens with one attached hydrogen (secondary N) is 1. The highest BCUT2D eigenvalue weighted by atomic mass is 19.1. The van der Waals surface area contributed by atoms with Crippen molar-refractivity contribution in [1.82, 2.24) is 5.16 Å². The molecule has 0 saturated carbocycles. The van der Waals surface area contributed by atoms with Gasteiger partial charge in [0, 0.05) is 18.5 Å². The average Bonchev–Trinajstić information content (AvgIpc) is 2.86. The van der Waals surface area contributed by atoms with E-state index in [4.69, 9.17) is 4.52 Å². The van der Waals surface area contributed by atoms with Gasteiger partial charge in [-0.05, 0) is 24.1 Å². The number of halogens is 1. The molecule has 3 nitrogen and oxygen atoms in total. The molecule has 1 N–H and O–H groups in total. The third-order valence-corrected chi connectivity index (χ3v) is 2.81. The minimum absolute atomic E-state index is 0.212. The molecule has 4 heteroatoms. The van der Waals surface area contributed by atoms with E-state index in [2.05, 4.69) is 10.5 Å². The van der Waals surface area contributed by atoms with Gasteiger partial charge < -0.3 is 9.84 Å². The number of aromatic nitrogens is 1. The van der Waals surface area contributed by atoms with Crippen LogP contribution >= 0.6 is 0 Å². The maximum Gasteiger partial charge on any atom is 0.228 e. The van der Waals surface area contributed by atoms with E-state index in [1.807, 2.05) is 0 Å². The summed E-state index contributed by atoms with van der Waals surface area (Å²) in [6.07, 6.45) is 1.65. The van der Waals surface area contributed by atoms with Crippen molar-refractivity contribution in [2.24, 2.45) is 0 Å². The Bertz CT molecular complexity index is 504. The Morgan fingerprint density at radius 2 is 2.12 bits per heavy atom. The van der Waals surface area contributed by atoms with Crippen molar-refractivity contribution in [3.8, 4) is 0 Å². The zero-order chi connectivity index (χ0) is 11.0. The summed E-state index contributed by atoms with van der Waals surface area (Å²) in [7, 11) is 0. The van der Waals surface area contributed by atoms with Gasteiger partial charge in [-0.15, -0.1) is 0 Å². The van der Waals surface area contributed by atoms with Crippen LogP contribution in [-0.4, -0.2) is 11.7 Å². The summed E-state index contributed by atoms with van der Waals surface area (Å²) in [6.45, 7) is 0.910. The van der Waals surface area contributed by atoms with Crippen molar-refractivity contribution < 1.29 is 8.91 Å². The molecule has 0 bridgehead atoms. The second-order valence-electron chi connectivity index (χ2n) is 3.92. The molecule has 0 amide bonds. The van der Waals surface area contributed by atoms with Crippen LogP contribution in [0.2, 0.25) is 0 Å². The molecule has 2 aromatic rings. The zero-order valence-electron chi connectivity index (χ0n) is 8.66. The molecule has 0 aliphatic carbocycles. The number of hydrogen-bond donors (Lipinski definition) is 1. The van der Waals surface area contributed by atoms with E-state index in [1.165, 1.54) is 12.1 Å². The summed E-state index contributed by atoms with van der Waals surface area (Å²) in [5.41, 5.74) is 3.15. The molecular weight excluding hydrogens is 207 g/mol. The van der Waals surface area contributed by atoms with Crippen molar-refractivity contribution in [3.63, 3.8) is 0 Å². The Balaban J connectivity index is 1.86. The molecule has 1 aliphatic heterocycles. The minimum Gasteiger partial charge on any atom is -0.353 e. The van der Waals surface area contributed by atoms with Crippen molar-refractivity contribution in [2.75, 3.05) is 11.9 Å². The predicted octanol–water partition coefficient (Wildman–Crippen LogP) is 2.37. The maximum atomic E-state index is 12.7.